The van der Waals surface area contributed by atoms with Gasteiger partial charge < -0.3 is 10.2 Å². The fourth-order valence-corrected chi connectivity index (χ4v) is 3.62. The summed E-state index contributed by atoms with van der Waals surface area (Å²) >= 11 is 1.66. The van der Waals surface area contributed by atoms with Gasteiger partial charge in [-0.05, 0) is 26.8 Å². The van der Waals surface area contributed by atoms with Crippen LogP contribution in [-0.4, -0.2) is 59.3 Å². The summed E-state index contributed by atoms with van der Waals surface area (Å²) in [5.74, 6) is 0.0933. The minimum atomic E-state index is -0.0306. The number of carbonyl (C=O) groups excluding carboxylic acids is 2. The number of carbonyl (C=O) groups is 2. The number of rotatable bonds is 5. The summed E-state index contributed by atoms with van der Waals surface area (Å²) in [5.41, 5.74) is 0. The second-order valence-electron chi connectivity index (χ2n) is 5.90. The normalized spacial score (nSPS) is 18.5. The van der Waals surface area contributed by atoms with Crippen molar-refractivity contribution in [1.29, 1.82) is 0 Å². The molecule has 1 aliphatic heterocycles. The van der Waals surface area contributed by atoms with E-state index in [1.807, 2.05) is 30.0 Å². The van der Waals surface area contributed by atoms with Crippen molar-refractivity contribution in [1.82, 2.24) is 20.1 Å². The molecular formula is C15H24N4O2S. The van der Waals surface area contributed by atoms with Gasteiger partial charge in [0.2, 0.25) is 11.8 Å². The van der Waals surface area contributed by atoms with E-state index in [1.54, 1.807) is 11.3 Å². The van der Waals surface area contributed by atoms with Gasteiger partial charge in [0.15, 0.2) is 0 Å². The highest BCUT2D eigenvalue weighted by Crippen LogP contribution is 2.14. The molecule has 0 saturated carbocycles. The highest BCUT2D eigenvalue weighted by molar-refractivity contribution is 7.11. The summed E-state index contributed by atoms with van der Waals surface area (Å²) in [6, 6.07) is 0.0876. The number of hydrogen-bond acceptors (Lipinski definition) is 5. The largest absolute Gasteiger partial charge is 0.352 e. The van der Waals surface area contributed by atoms with E-state index in [4.69, 9.17) is 0 Å². The van der Waals surface area contributed by atoms with Gasteiger partial charge in [-0.15, -0.1) is 11.3 Å². The van der Waals surface area contributed by atoms with Gasteiger partial charge in [0.25, 0.3) is 0 Å². The number of piperidine rings is 1. The Kier molecular flexibility index (Phi) is 5.90. The van der Waals surface area contributed by atoms with E-state index in [1.165, 1.54) is 11.8 Å². The summed E-state index contributed by atoms with van der Waals surface area (Å²) in [6.07, 6.45) is 3.75. The summed E-state index contributed by atoms with van der Waals surface area (Å²) in [5, 5.41) is 3.95. The van der Waals surface area contributed by atoms with Crippen molar-refractivity contribution in [2.24, 2.45) is 0 Å². The van der Waals surface area contributed by atoms with E-state index in [2.05, 4.69) is 10.3 Å². The number of aromatic nitrogens is 1. The molecule has 6 nitrogen and oxygen atoms in total. The Labute approximate surface area is 135 Å². The van der Waals surface area contributed by atoms with Crippen molar-refractivity contribution >= 4 is 23.2 Å². The molecule has 0 radical (unpaired) electrons. The van der Waals surface area contributed by atoms with E-state index >= 15 is 0 Å². The molecule has 1 aromatic heterocycles. The van der Waals surface area contributed by atoms with Crippen LogP contribution in [0.25, 0.3) is 0 Å². The van der Waals surface area contributed by atoms with Gasteiger partial charge in [-0.2, -0.15) is 0 Å². The van der Waals surface area contributed by atoms with Gasteiger partial charge in [-0.1, -0.05) is 0 Å². The van der Waals surface area contributed by atoms with Crippen molar-refractivity contribution in [2.45, 2.75) is 39.3 Å². The van der Waals surface area contributed by atoms with Crippen LogP contribution in [0.5, 0.6) is 0 Å². The molecule has 2 heterocycles. The molecule has 0 aliphatic carbocycles. The zero-order valence-electron chi connectivity index (χ0n) is 13.5. The van der Waals surface area contributed by atoms with Gasteiger partial charge in [0.1, 0.15) is 0 Å². The number of hydrogen-bond donors (Lipinski definition) is 1. The zero-order valence-corrected chi connectivity index (χ0v) is 14.3. The number of thiazole rings is 1. The molecule has 7 heteroatoms. The van der Waals surface area contributed by atoms with Gasteiger partial charge >= 0.3 is 0 Å². The van der Waals surface area contributed by atoms with Crippen molar-refractivity contribution in [3.8, 4) is 0 Å². The van der Waals surface area contributed by atoms with Crippen molar-refractivity contribution in [3.63, 3.8) is 0 Å². The third kappa shape index (κ3) is 5.06. The second kappa shape index (κ2) is 7.69. The minimum absolute atomic E-state index is 0.0306. The molecule has 0 bridgehead atoms. The van der Waals surface area contributed by atoms with Gasteiger partial charge in [0.05, 0.1) is 11.6 Å². The molecule has 0 aromatic carbocycles. The van der Waals surface area contributed by atoms with Crippen LogP contribution in [0.1, 0.15) is 29.7 Å². The number of likely N-dealkylation sites (tertiary alicyclic amines) is 1. The Bertz CT molecular complexity index is 531. The Morgan fingerprint density at radius 2 is 2.32 bits per heavy atom. The smallest absolute Gasteiger partial charge is 0.236 e. The molecular weight excluding hydrogens is 300 g/mol. The second-order valence-corrected chi connectivity index (χ2v) is 7.22. The predicted octanol–water partition coefficient (Wildman–Crippen LogP) is 1.01. The van der Waals surface area contributed by atoms with Crippen molar-refractivity contribution in [2.75, 3.05) is 26.7 Å². The van der Waals surface area contributed by atoms with Crippen LogP contribution in [0, 0.1) is 6.92 Å². The monoisotopic (exact) mass is 324 g/mol. The Hall–Kier alpha value is -1.47. The van der Waals surface area contributed by atoms with Gasteiger partial charge in [-0.3, -0.25) is 14.5 Å². The molecule has 122 valence electrons. The minimum Gasteiger partial charge on any atom is -0.352 e. The van der Waals surface area contributed by atoms with E-state index in [9.17, 15) is 9.59 Å². The Morgan fingerprint density at radius 3 is 2.95 bits per heavy atom. The first-order valence-corrected chi connectivity index (χ1v) is 8.40. The molecule has 2 rings (SSSR count). The molecule has 1 atom stereocenters. The highest BCUT2D eigenvalue weighted by Gasteiger charge is 2.24. The Morgan fingerprint density at radius 1 is 1.55 bits per heavy atom. The molecule has 1 N–H and O–H groups in total. The molecule has 0 spiro atoms. The molecule has 1 saturated heterocycles. The van der Waals surface area contributed by atoms with Crippen LogP contribution in [-0.2, 0) is 16.1 Å². The van der Waals surface area contributed by atoms with Crippen molar-refractivity contribution < 1.29 is 9.59 Å². The summed E-state index contributed by atoms with van der Waals surface area (Å²) in [6.45, 7) is 6.03. The van der Waals surface area contributed by atoms with Crippen LogP contribution < -0.4 is 5.32 Å². The average molecular weight is 324 g/mol. The third-order valence-corrected chi connectivity index (χ3v) is 4.58. The summed E-state index contributed by atoms with van der Waals surface area (Å²) in [4.78, 5) is 32.8. The maximum absolute atomic E-state index is 12.4. The molecule has 0 unspecified atom stereocenters. The number of nitrogens with one attached hydrogen (secondary N) is 1. The predicted molar refractivity (Wildman–Crippen MR) is 86.6 cm³/mol. The third-order valence-electron chi connectivity index (χ3n) is 3.68. The van der Waals surface area contributed by atoms with Crippen LogP contribution in [0.15, 0.2) is 6.20 Å². The van der Waals surface area contributed by atoms with Gasteiger partial charge in [-0.25, -0.2) is 4.98 Å². The Balaban J connectivity index is 1.81. The summed E-state index contributed by atoms with van der Waals surface area (Å²) < 4.78 is 0. The van der Waals surface area contributed by atoms with Crippen LogP contribution in [0.2, 0.25) is 0 Å². The molecule has 1 aromatic rings. The summed E-state index contributed by atoms with van der Waals surface area (Å²) in [7, 11) is 1.95. The van der Waals surface area contributed by atoms with E-state index in [0.29, 0.717) is 13.1 Å². The molecule has 2 amide bonds. The lowest BCUT2D eigenvalue weighted by molar-refractivity contribution is -0.134. The maximum atomic E-state index is 12.4. The standard InChI is InChI=1S/C15H24N4O2S/c1-11(20)17-13-5-4-6-19(8-13)15(21)10-18(3)9-14-7-16-12(2)22-14/h7,13H,4-6,8-10H2,1-3H3,(H,17,20)/t13-/m0/s1. The van der Waals surface area contributed by atoms with E-state index in [0.717, 1.165) is 30.9 Å². The lowest BCUT2D eigenvalue weighted by atomic mass is 10.1. The number of nitrogens with zero attached hydrogens (tertiary/aromatic N) is 3. The highest BCUT2D eigenvalue weighted by atomic mass is 32.1. The number of likely N-dealkylation sites (N-methyl/N-ethyl adjacent to an activating group) is 1. The zero-order chi connectivity index (χ0) is 16.1. The quantitative estimate of drug-likeness (QED) is 0.878. The van der Waals surface area contributed by atoms with Crippen molar-refractivity contribution in [3.05, 3.63) is 16.1 Å². The first-order chi connectivity index (χ1) is 10.4. The fourth-order valence-electron chi connectivity index (χ4n) is 2.74. The fraction of sp³-hybridized carbons (Fsp3) is 0.667. The lowest BCUT2D eigenvalue weighted by Gasteiger charge is -2.34. The van der Waals surface area contributed by atoms with E-state index < -0.39 is 0 Å². The van der Waals surface area contributed by atoms with Crippen LogP contribution >= 0.6 is 11.3 Å². The number of aryl methyl sites for hydroxylation is 1. The van der Waals surface area contributed by atoms with E-state index in [-0.39, 0.29) is 17.9 Å². The molecule has 22 heavy (non-hydrogen) atoms. The lowest BCUT2D eigenvalue weighted by Crippen LogP contribution is -2.51. The van der Waals surface area contributed by atoms with Crippen LogP contribution in [0.4, 0.5) is 0 Å². The van der Waals surface area contributed by atoms with Crippen LogP contribution in [0.3, 0.4) is 0 Å². The molecule has 1 aliphatic rings. The maximum Gasteiger partial charge on any atom is 0.236 e. The first-order valence-electron chi connectivity index (χ1n) is 7.58. The first kappa shape index (κ1) is 16.9. The van der Waals surface area contributed by atoms with Gasteiger partial charge in [0, 0.05) is 43.7 Å². The topological polar surface area (TPSA) is 65.5 Å². The number of amides is 2. The molecule has 1 fully saturated rings. The SMILES string of the molecule is CC(=O)N[C@H]1CCCN(C(=O)CN(C)Cc2cnc(C)s2)C1. The average Bonchev–Trinajstić information content (AvgIpc) is 2.83.